The van der Waals surface area contributed by atoms with Crippen LogP contribution in [0, 0.1) is 11.3 Å². The second-order valence-corrected chi connectivity index (χ2v) is 9.45. The van der Waals surface area contributed by atoms with Crippen molar-refractivity contribution in [3.8, 4) is 0 Å². The normalized spacial score (nSPS) is 24.1. The lowest BCUT2D eigenvalue weighted by atomic mass is 9.86. The van der Waals surface area contributed by atoms with Gasteiger partial charge in [-0.1, -0.05) is 26.8 Å². The van der Waals surface area contributed by atoms with Crippen molar-refractivity contribution in [2.75, 3.05) is 24.5 Å². The minimum absolute atomic E-state index is 0.206. The van der Waals surface area contributed by atoms with Gasteiger partial charge in [0.15, 0.2) is 0 Å². The molecular formula is C23H27N7. The Bertz CT molecular complexity index is 1100. The number of hydrogen-bond acceptors (Lipinski definition) is 7. The second-order valence-electron chi connectivity index (χ2n) is 9.45. The summed E-state index contributed by atoms with van der Waals surface area (Å²) in [5.41, 5.74) is 5.13. The number of nitrogens with zero attached hydrogens (tertiary/aromatic N) is 6. The number of hydrogen-bond donors (Lipinski definition) is 1. The van der Waals surface area contributed by atoms with Crippen molar-refractivity contribution in [1.82, 2.24) is 25.5 Å². The molecule has 7 nitrogen and oxygen atoms in total. The molecule has 5 rings (SSSR count). The predicted molar refractivity (Wildman–Crippen MR) is 119 cm³/mol. The molecule has 1 spiro atoms. The van der Waals surface area contributed by atoms with Crippen molar-refractivity contribution in [2.24, 2.45) is 16.3 Å². The van der Waals surface area contributed by atoms with Crippen LogP contribution in [0.5, 0.6) is 0 Å². The third kappa shape index (κ3) is 3.54. The lowest BCUT2D eigenvalue weighted by Gasteiger charge is -2.38. The van der Waals surface area contributed by atoms with Crippen molar-refractivity contribution in [3.05, 3.63) is 48.5 Å². The zero-order valence-electron chi connectivity index (χ0n) is 17.7. The SMILES string of the molecule is CC(C)(C)C1CC12CN(c1cnncc1N=Cc1ccc3nccnc3c1)CCN2. The summed E-state index contributed by atoms with van der Waals surface area (Å²) in [5.74, 6) is 0.688. The van der Waals surface area contributed by atoms with Gasteiger partial charge >= 0.3 is 0 Å². The van der Waals surface area contributed by atoms with Crippen molar-refractivity contribution in [1.29, 1.82) is 0 Å². The van der Waals surface area contributed by atoms with E-state index in [0.29, 0.717) is 11.3 Å². The van der Waals surface area contributed by atoms with Gasteiger partial charge < -0.3 is 10.2 Å². The van der Waals surface area contributed by atoms with Gasteiger partial charge in [-0.2, -0.15) is 10.2 Å². The van der Waals surface area contributed by atoms with E-state index in [0.717, 1.165) is 47.6 Å². The number of nitrogens with one attached hydrogen (secondary N) is 1. The molecule has 2 atom stereocenters. The molecule has 1 aliphatic carbocycles. The fourth-order valence-electron chi connectivity index (χ4n) is 4.79. The largest absolute Gasteiger partial charge is 0.365 e. The first-order chi connectivity index (χ1) is 14.4. The van der Waals surface area contributed by atoms with E-state index in [4.69, 9.17) is 4.99 Å². The first kappa shape index (κ1) is 19.1. The Kier molecular flexibility index (Phi) is 4.50. The van der Waals surface area contributed by atoms with E-state index in [2.05, 4.69) is 51.2 Å². The number of benzene rings is 1. The average Bonchev–Trinajstić information content (AvgIpc) is 3.45. The van der Waals surface area contributed by atoms with Crippen LogP contribution in [0.4, 0.5) is 11.4 Å². The molecule has 3 heterocycles. The van der Waals surface area contributed by atoms with Crippen molar-refractivity contribution in [2.45, 2.75) is 32.7 Å². The van der Waals surface area contributed by atoms with Crippen LogP contribution in [-0.4, -0.2) is 51.6 Å². The third-order valence-electron chi connectivity index (χ3n) is 6.33. The fraction of sp³-hybridized carbons (Fsp3) is 0.435. The van der Waals surface area contributed by atoms with Crippen LogP contribution in [0.25, 0.3) is 11.0 Å². The topological polar surface area (TPSA) is 79.2 Å². The van der Waals surface area contributed by atoms with Gasteiger partial charge in [0.1, 0.15) is 5.69 Å². The Morgan fingerprint density at radius 2 is 1.93 bits per heavy atom. The number of piperazine rings is 1. The smallest absolute Gasteiger partial charge is 0.108 e. The van der Waals surface area contributed by atoms with Crippen LogP contribution in [0.2, 0.25) is 0 Å². The van der Waals surface area contributed by atoms with Crippen LogP contribution in [0.15, 0.2) is 48.0 Å². The molecule has 30 heavy (non-hydrogen) atoms. The number of fused-ring (bicyclic) bond motifs is 1. The van der Waals surface area contributed by atoms with Crippen molar-refractivity contribution < 1.29 is 0 Å². The van der Waals surface area contributed by atoms with Crippen molar-refractivity contribution in [3.63, 3.8) is 0 Å². The average molecular weight is 402 g/mol. The summed E-state index contributed by atoms with van der Waals surface area (Å²) >= 11 is 0. The minimum Gasteiger partial charge on any atom is -0.365 e. The number of rotatable bonds is 3. The second kappa shape index (κ2) is 7.09. The molecule has 1 N–H and O–H groups in total. The van der Waals surface area contributed by atoms with Gasteiger partial charge in [0.2, 0.25) is 0 Å². The zero-order valence-corrected chi connectivity index (χ0v) is 17.7. The fourth-order valence-corrected chi connectivity index (χ4v) is 4.79. The van der Waals surface area contributed by atoms with Crippen LogP contribution >= 0.6 is 0 Å². The maximum absolute atomic E-state index is 4.76. The highest BCUT2D eigenvalue weighted by molar-refractivity contribution is 5.88. The van der Waals surface area contributed by atoms with Gasteiger partial charge in [0.05, 0.1) is 29.1 Å². The van der Waals surface area contributed by atoms with E-state index in [1.807, 2.05) is 30.6 Å². The first-order valence-electron chi connectivity index (χ1n) is 10.5. The molecule has 0 bridgehead atoms. The minimum atomic E-state index is 0.206. The zero-order chi connectivity index (χ0) is 20.8. The molecule has 2 fully saturated rings. The summed E-state index contributed by atoms with van der Waals surface area (Å²) in [4.78, 5) is 15.9. The Labute approximate surface area is 176 Å². The molecular weight excluding hydrogens is 374 g/mol. The lowest BCUT2D eigenvalue weighted by molar-refractivity contribution is 0.282. The van der Waals surface area contributed by atoms with Gasteiger partial charge in [-0.15, -0.1) is 0 Å². The maximum Gasteiger partial charge on any atom is 0.108 e. The molecule has 3 aromatic rings. The Balaban J connectivity index is 1.39. The molecule has 7 heteroatoms. The van der Waals surface area contributed by atoms with Gasteiger partial charge in [-0.25, -0.2) is 0 Å². The van der Waals surface area contributed by atoms with E-state index in [1.165, 1.54) is 6.42 Å². The van der Waals surface area contributed by atoms with Crippen LogP contribution < -0.4 is 10.2 Å². The molecule has 2 aromatic heterocycles. The van der Waals surface area contributed by atoms with E-state index in [1.54, 1.807) is 18.6 Å². The van der Waals surface area contributed by atoms with E-state index < -0.39 is 0 Å². The first-order valence-corrected chi connectivity index (χ1v) is 10.5. The monoisotopic (exact) mass is 401 g/mol. The molecule has 2 unspecified atom stereocenters. The highest BCUT2D eigenvalue weighted by atomic mass is 15.3. The predicted octanol–water partition coefficient (Wildman–Crippen LogP) is 3.38. The summed E-state index contributed by atoms with van der Waals surface area (Å²) in [6.07, 6.45) is 10.1. The van der Waals surface area contributed by atoms with Crippen LogP contribution in [0.3, 0.4) is 0 Å². The number of aliphatic imine (C=N–C) groups is 1. The molecule has 1 saturated heterocycles. The molecule has 1 aromatic carbocycles. The molecule has 1 aliphatic heterocycles. The Morgan fingerprint density at radius 1 is 1.13 bits per heavy atom. The Morgan fingerprint density at radius 3 is 2.73 bits per heavy atom. The molecule has 0 radical (unpaired) electrons. The lowest BCUT2D eigenvalue weighted by Crippen LogP contribution is -2.54. The molecule has 1 saturated carbocycles. The Hall–Kier alpha value is -2.93. The summed E-state index contributed by atoms with van der Waals surface area (Å²) in [6, 6.07) is 5.97. The molecule has 0 amide bonds. The molecule has 2 aliphatic rings. The third-order valence-corrected chi connectivity index (χ3v) is 6.33. The van der Waals surface area contributed by atoms with E-state index in [-0.39, 0.29) is 5.54 Å². The standard InChI is InChI=1S/C23H27N7/c1-22(2,3)21-11-23(21)15-30(9-8-27-23)20-14-29-28-13-19(20)26-12-16-4-5-17-18(10-16)25-7-6-24-17/h4-7,10,12-14,21,27H,8-9,11,15H2,1-3H3. The quantitative estimate of drug-likeness (QED) is 0.678. The van der Waals surface area contributed by atoms with Crippen LogP contribution in [0.1, 0.15) is 32.8 Å². The van der Waals surface area contributed by atoms with Gasteiger partial charge in [-0.05, 0) is 35.4 Å². The van der Waals surface area contributed by atoms with Gasteiger partial charge in [0.25, 0.3) is 0 Å². The summed E-state index contributed by atoms with van der Waals surface area (Å²) in [5, 5.41) is 12.0. The van der Waals surface area contributed by atoms with E-state index in [9.17, 15) is 0 Å². The summed E-state index contributed by atoms with van der Waals surface area (Å²) in [7, 11) is 0. The highest BCUT2D eigenvalue weighted by Crippen LogP contribution is 2.55. The highest BCUT2D eigenvalue weighted by Gasteiger charge is 2.60. The van der Waals surface area contributed by atoms with Crippen molar-refractivity contribution >= 4 is 28.6 Å². The number of aromatic nitrogens is 4. The molecule has 154 valence electrons. The van der Waals surface area contributed by atoms with Crippen LogP contribution in [-0.2, 0) is 0 Å². The van der Waals surface area contributed by atoms with E-state index >= 15 is 0 Å². The summed E-state index contributed by atoms with van der Waals surface area (Å²) < 4.78 is 0. The summed E-state index contributed by atoms with van der Waals surface area (Å²) in [6.45, 7) is 9.91. The number of anilines is 1. The maximum atomic E-state index is 4.76. The van der Waals surface area contributed by atoms with Gasteiger partial charge in [-0.3, -0.25) is 15.0 Å². The van der Waals surface area contributed by atoms with Gasteiger partial charge in [0, 0.05) is 43.8 Å².